The molecule has 4 nitrogen and oxygen atoms in total. The van der Waals surface area contributed by atoms with E-state index in [1.807, 2.05) is 24.3 Å². The molecular weight excluding hydrogens is 312 g/mol. The molecule has 1 amide bonds. The number of benzene rings is 1. The van der Waals surface area contributed by atoms with Crippen LogP contribution in [0.25, 0.3) is 0 Å². The second-order valence-corrected chi connectivity index (χ2v) is 8.88. The maximum atomic E-state index is 13.1. The zero-order valence-corrected chi connectivity index (χ0v) is 15.4. The smallest absolute Gasteiger partial charge is 0.240 e. The number of nitrogens with two attached hydrogens (primary N) is 1. The van der Waals surface area contributed by atoms with Crippen LogP contribution in [-0.4, -0.2) is 34.5 Å². The molecular formula is C21H30N2O2. The molecule has 3 N–H and O–H groups in total. The fourth-order valence-corrected chi connectivity index (χ4v) is 6.25. The monoisotopic (exact) mass is 342 g/mol. The number of fused-ring (bicyclic) bond motifs is 1. The summed E-state index contributed by atoms with van der Waals surface area (Å²) >= 11 is 0. The maximum absolute atomic E-state index is 13.1. The summed E-state index contributed by atoms with van der Waals surface area (Å²) < 4.78 is 0. The molecule has 3 unspecified atom stereocenters. The third-order valence-electron chi connectivity index (χ3n) is 7.89. The molecule has 25 heavy (non-hydrogen) atoms. The summed E-state index contributed by atoms with van der Waals surface area (Å²) in [6.07, 6.45) is 5.37. The van der Waals surface area contributed by atoms with Gasteiger partial charge >= 0.3 is 0 Å². The largest absolute Gasteiger partial charge is 0.392 e. The first kappa shape index (κ1) is 17.0. The number of hydrogen-bond acceptors (Lipinski definition) is 3. The van der Waals surface area contributed by atoms with Crippen LogP contribution in [0.5, 0.6) is 0 Å². The summed E-state index contributed by atoms with van der Waals surface area (Å²) in [7, 11) is 0. The predicted molar refractivity (Wildman–Crippen MR) is 97.7 cm³/mol. The van der Waals surface area contributed by atoms with Gasteiger partial charge in [0.15, 0.2) is 0 Å². The standard InChI is InChI=1S/C21H30N2O2/c1-20(2)16-7-8-21(20)9-10-23(18(21)12-16)19(25)17(22)11-14-5-3-4-6-15(14)13-24/h3-6,16-18,24H,7-13,22H2,1-2H3/t16?,17-,18?,21?/m0/s1. The second kappa shape index (κ2) is 5.82. The van der Waals surface area contributed by atoms with Crippen LogP contribution in [0.15, 0.2) is 24.3 Å². The van der Waals surface area contributed by atoms with E-state index in [-0.39, 0.29) is 12.5 Å². The van der Waals surface area contributed by atoms with Gasteiger partial charge in [-0.2, -0.15) is 0 Å². The van der Waals surface area contributed by atoms with E-state index >= 15 is 0 Å². The Morgan fingerprint density at radius 3 is 2.72 bits per heavy atom. The third kappa shape index (κ3) is 2.30. The van der Waals surface area contributed by atoms with Gasteiger partial charge in [0.1, 0.15) is 0 Å². The summed E-state index contributed by atoms with van der Waals surface area (Å²) in [5.41, 5.74) is 8.83. The SMILES string of the molecule is CC1(C)C2CCC13CCN(C(=O)[C@@H](N)Cc1ccccc1CO)C3C2. The predicted octanol–water partition coefficient (Wildman–Crippen LogP) is 2.48. The minimum atomic E-state index is -0.523. The van der Waals surface area contributed by atoms with E-state index in [0.717, 1.165) is 36.4 Å². The zero-order valence-electron chi connectivity index (χ0n) is 15.4. The minimum absolute atomic E-state index is 0.0115. The molecule has 1 aromatic rings. The number of likely N-dealkylation sites (tertiary alicyclic amines) is 1. The summed E-state index contributed by atoms with van der Waals surface area (Å²) in [5, 5.41) is 9.50. The molecule has 136 valence electrons. The van der Waals surface area contributed by atoms with Crippen molar-refractivity contribution in [1.29, 1.82) is 0 Å². The molecule has 1 aliphatic heterocycles. The molecule has 3 aliphatic rings. The molecule has 1 spiro atoms. The number of aliphatic hydroxyl groups excluding tert-OH is 1. The Kier molecular flexibility index (Phi) is 3.97. The highest BCUT2D eigenvalue weighted by atomic mass is 16.3. The molecule has 1 saturated heterocycles. The molecule has 2 saturated carbocycles. The van der Waals surface area contributed by atoms with E-state index < -0.39 is 6.04 Å². The summed E-state index contributed by atoms with van der Waals surface area (Å²) in [6, 6.07) is 7.57. The van der Waals surface area contributed by atoms with Gasteiger partial charge in [0.25, 0.3) is 0 Å². The highest BCUT2D eigenvalue weighted by Crippen LogP contribution is 2.70. The Balaban J connectivity index is 1.51. The first-order valence-electron chi connectivity index (χ1n) is 9.64. The minimum Gasteiger partial charge on any atom is -0.392 e. The van der Waals surface area contributed by atoms with Crippen molar-refractivity contribution in [3.05, 3.63) is 35.4 Å². The Hall–Kier alpha value is -1.39. The lowest BCUT2D eigenvalue weighted by atomic mass is 9.67. The average molecular weight is 342 g/mol. The van der Waals surface area contributed by atoms with Crippen LogP contribution in [-0.2, 0) is 17.8 Å². The van der Waals surface area contributed by atoms with Gasteiger partial charge in [-0.3, -0.25) is 4.79 Å². The van der Waals surface area contributed by atoms with Gasteiger partial charge in [0, 0.05) is 12.6 Å². The molecule has 1 heterocycles. The quantitative estimate of drug-likeness (QED) is 0.883. The summed E-state index contributed by atoms with van der Waals surface area (Å²) in [6.45, 7) is 5.67. The summed E-state index contributed by atoms with van der Waals surface area (Å²) in [5.74, 6) is 0.845. The maximum Gasteiger partial charge on any atom is 0.240 e. The van der Waals surface area contributed by atoms with E-state index in [2.05, 4.69) is 18.7 Å². The number of aliphatic hydroxyl groups is 1. The average Bonchev–Trinajstić information content (AvgIpc) is 3.18. The lowest BCUT2D eigenvalue weighted by Gasteiger charge is -2.39. The van der Waals surface area contributed by atoms with Crippen LogP contribution in [0.4, 0.5) is 0 Å². The molecule has 4 heteroatoms. The van der Waals surface area contributed by atoms with Crippen molar-refractivity contribution in [2.75, 3.05) is 6.54 Å². The van der Waals surface area contributed by atoms with Crippen molar-refractivity contribution in [3.63, 3.8) is 0 Å². The van der Waals surface area contributed by atoms with Crippen LogP contribution in [0.3, 0.4) is 0 Å². The Morgan fingerprint density at radius 2 is 2.04 bits per heavy atom. The van der Waals surface area contributed by atoms with E-state index in [4.69, 9.17) is 5.73 Å². The molecule has 1 aromatic carbocycles. The van der Waals surface area contributed by atoms with Crippen molar-refractivity contribution >= 4 is 5.91 Å². The Morgan fingerprint density at radius 1 is 1.32 bits per heavy atom. The molecule has 4 atom stereocenters. The number of rotatable bonds is 4. The number of amides is 1. The van der Waals surface area contributed by atoms with Gasteiger partial charge in [0.05, 0.1) is 12.6 Å². The normalized spacial score (nSPS) is 33.5. The number of hydrogen-bond donors (Lipinski definition) is 2. The van der Waals surface area contributed by atoms with Crippen LogP contribution in [0.2, 0.25) is 0 Å². The molecule has 3 fully saturated rings. The fraction of sp³-hybridized carbons (Fsp3) is 0.667. The Labute approximate surface area is 150 Å². The third-order valence-corrected chi connectivity index (χ3v) is 7.89. The zero-order chi connectivity index (χ0) is 17.8. The summed E-state index contributed by atoms with van der Waals surface area (Å²) in [4.78, 5) is 15.2. The highest BCUT2D eigenvalue weighted by molar-refractivity contribution is 5.83. The molecule has 2 bridgehead atoms. The first-order valence-corrected chi connectivity index (χ1v) is 9.64. The van der Waals surface area contributed by atoms with Crippen molar-refractivity contribution in [2.24, 2.45) is 22.5 Å². The van der Waals surface area contributed by atoms with E-state index in [9.17, 15) is 9.90 Å². The van der Waals surface area contributed by atoms with Crippen LogP contribution in [0.1, 0.15) is 50.7 Å². The lowest BCUT2D eigenvalue weighted by Crippen LogP contribution is -2.49. The van der Waals surface area contributed by atoms with Gasteiger partial charge in [-0.1, -0.05) is 38.1 Å². The van der Waals surface area contributed by atoms with Crippen molar-refractivity contribution in [3.8, 4) is 0 Å². The number of nitrogens with zero attached hydrogens (tertiary/aromatic N) is 1. The second-order valence-electron chi connectivity index (χ2n) is 8.88. The highest BCUT2D eigenvalue weighted by Gasteiger charge is 2.67. The van der Waals surface area contributed by atoms with Gasteiger partial charge in [-0.05, 0) is 60.0 Å². The van der Waals surface area contributed by atoms with Gasteiger partial charge in [-0.25, -0.2) is 0 Å². The van der Waals surface area contributed by atoms with Crippen LogP contribution < -0.4 is 5.73 Å². The van der Waals surface area contributed by atoms with Gasteiger partial charge < -0.3 is 15.7 Å². The Bertz CT molecular complexity index is 686. The molecule has 4 rings (SSSR count). The van der Waals surface area contributed by atoms with Crippen LogP contribution >= 0.6 is 0 Å². The van der Waals surface area contributed by atoms with E-state index in [1.54, 1.807) is 0 Å². The lowest BCUT2D eigenvalue weighted by molar-refractivity contribution is -0.134. The first-order chi connectivity index (χ1) is 11.9. The fourth-order valence-electron chi connectivity index (χ4n) is 6.25. The van der Waals surface area contributed by atoms with E-state index in [1.165, 1.54) is 12.8 Å². The number of carbonyl (C=O) groups excluding carboxylic acids is 1. The topological polar surface area (TPSA) is 66.6 Å². The molecule has 0 aromatic heterocycles. The van der Waals surface area contributed by atoms with E-state index in [0.29, 0.717) is 23.3 Å². The van der Waals surface area contributed by atoms with Gasteiger partial charge in [0.2, 0.25) is 5.91 Å². The van der Waals surface area contributed by atoms with Gasteiger partial charge in [-0.15, -0.1) is 0 Å². The van der Waals surface area contributed by atoms with Crippen LogP contribution in [0, 0.1) is 16.7 Å². The molecule has 0 radical (unpaired) electrons. The van der Waals surface area contributed by atoms with Crippen molar-refractivity contribution in [2.45, 2.75) is 64.6 Å². The van der Waals surface area contributed by atoms with Crippen molar-refractivity contribution in [1.82, 2.24) is 4.90 Å². The van der Waals surface area contributed by atoms with Crippen molar-refractivity contribution < 1.29 is 9.90 Å². The number of carbonyl (C=O) groups is 1. The molecule has 2 aliphatic carbocycles.